The summed E-state index contributed by atoms with van der Waals surface area (Å²) in [5.41, 5.74) is 1.61. The minimum atomic E-state index is 0. The largest absolute Gasteiger partial charge is 0.356 e. The maximum absolute atomic E-state index is 4.47. The average Bonchev–Trinajstić information content (AvgIpc) is 3.03. The monoisotopic (exact) mass is 422 g/mol. The third-order valence-electron chi connectivity index (χ3n) is 4.06. The van der Waals surface area contributed by atoms with Crippen LogP contribution in [-0.2, 0) is 6.42 Å². The zero-order valence-electron chi connectivity index (χ0n) is 13.2. The number of nitrogens with one attached hydrogen (secondary N) is 2. The van der Waals surface area contributed by atoms with E-state index in [1.807, 2.05) is 14.0 Å². The molecule has 21 heavy (non-hydrogen) atoms. The zero-order valence-corrected chi connectivity index (χ0v) is 16.4. The van der Waals surface area contributed by atoms with Crippen LogP contribution in [0, 0.1) is 12.3 Å². The topological polar surface area (TPSA) is 49.3 Å². The Hall–Kier alpha value is -0.370. The molecular weight excluding hydrogens is 395 g/mol. The van der Waals surface area contributed by atoms with E-state index in [0.29, 0.717) is 5.41 Å². The molecule has 0 atom stereocenters. The highest BCUT2D eigenvalue weighted by molar-refractivity contribution is 14.0. The molecule has 0 unspecified atom stereocenters. The first-order chi connectivity index (χ1) is 9.61. The van der Waals surface area contributed by atoms with Crippen LogP contribution < -0.4 is 10.6 Å². The second-order valence-electron chi connectivity index (χ2n) is 5.98. The van der Waals surface area contributed by atoms with Crippen molar-refractivity contribution in [3.05, 3.63) is 16.1 Å². The van der Waals surface area contributed by atoms with Crippen molar-refractivity contribution in [1.29, 1.82) is 0 Å². The molecule has 0 spiro atoms. The summed E-state index contributed by atoms with van der Waals surface area (Å²) in [5, 5.41) is 10.1. The minimum absolute atomic E-state index is 0. The van der Waals surface area contributed by atoms with Crippen LogP contribution in [0.3, 0.4) is 0 Å². The number of guanidine groups is 1. The lowest BCUT2D eigenvalue weighted by molar-refractivity contribution is 0.334. The van der Waals surface area contributed by atoms with Crippen molar-refractivity contribution in [2.45, 2.75) is 46.0 Å². The molecule has 2 rings (SSSR count). The second kappa shape index (κ2) is 8.92. The van der Waals surface area contributed by atoms with Crippen molar-refractivity contribution >= 4 is 41.3 Å². The quantitative estimate of drug-likeness (QED) is 0.435. The van der Waals surface area contributed by atoms with Crippen molar-refractivity contribution in [2.75, 3.05) is 20.1 Å². The summed E-state index contributed by atoms with van der Waals surface area (Å²) in [5.74, 6) is 0.907. The molecule has 4 nitrogen and oxygen atoms in total. The van der Waals surface area contributed by atoms with Gasteiger partial charge in [0.05, 0.1) is 10.7 Å². The summed E-state index contributed by atoms with van der Waals surface area (Å²) < 4.78 is 0. The van der Waals surface area contributed by atoms with E-state index in [4.69, 9.17) is 0 Å². The second-order valence-corrected chi connectivity index (χ2v) is 7.04. The van der Waals surface area contributed by atoms with E-state index in [9.17, 15) is 0 Å². The molecule has 1 aromatic rings. The van der Waals surface area contributed by atoms with Gasteiger partial charge in [-0.25, -0.2) is 4.98 Å². The first kappa shape index (κ1) is 18.7. The van der Waals surface area contributed by atoms with E-state index >= 15 is 0 Å². The van der Waals surface area contributed by atoms with Gasteiger partial charge in [0.2, 0.25) is 0 Å². The van der Waals surface area contributed by atoms with Crippen LogP contribution in [0.2, 0.25) is 0 Å². The summed E-state index contributed by atoms with van der Waals surface area (Å²) in [6, 6.07) is 0. The lowest BCUT2D eigenvalue weighted by Crippen LogP contribution is -2.42. The lowest BCUT2D eigenvalue weighted by Gasteiger charge is -2.25. The molecule has 0 amide bonds. The van der Waals surface area contributed by atoms with E-state index in [-0.39, 0.29) is 24.0 Å². The summed E-state index contributed by atoms with van der Waals surface area (Å²) >= 11 is 1.71. The molecule has 1 aromatic heterocycles. The van der Waals surface area contributed by atoms with E-state index in [0.717, 1.165) is 30.5 Å². The molecule has 1 heterocycles. The van der Waals surface area contributed by atoms with E-state index in [2.05, 4.69) is 32.9 Å². The molecule has 1 aliphatic carbocycles. The molecule has 1 saturated carbocycles. The van der Waals surface area contributed by atoms with Gasteiger partial charge in [0.1, 0.15) is 0 Å². The molecule has 120 valence electrons. The number of hydrogen-bond donors (Lipinski definition) is 2. The van der Waals surface area contributed by atoms with Crippen LogP contribution in [-0.4, -0.2) is 31.1 Å². The summed E-state index contributed by atoms with van der Waals surface area (Å²) in [4.78, 5) is 8.76. The van der Waals surface area contributed by atoms with Crippen LogP contribution in [0.4, 0.5) is 0 Å². The Bertz CT molecular complexity index is 452. The van der Waals surface area contributed by atoms with Crippen LogP contribution >= 0.6 is 35.3 Å². The highest BCUT2D eigenvalue weighted by Crippen LogP contribution is 2.36. The third kappa shape index (κ3) is 6.10. The number of aryl methyl sites for hydroxylation is 1. The van der Waals surface area contributed by atoms with Crippen molar-refractivity contribution in [1.82, 2.24) is 15.6 Å². The number of thiazole rings is 1. The molecule has 2 N–H and O–H groups in total. The fraction of sp³-hybridized carbons (Fsp3) is 0.733. The van der Waals surface area contributed by atoms with E-state index < -0.39 is 0 Å². The molecular formula is C15H27IN4S. The first-order valence-electron chi connectivity index (χ1n) is 7.47. The summed E-state index contributed by atoms with van der Waals surface area (Å²) in [6.45, 7) is 6.31. The average molecular weight is 422 g/mol. The fourth-order valence-corrected chi connectivity index (χ4v) is 3.40. The Morgan fingerprint density at radius 3 is 2.67 bits per heavy atom. The Labute approximate surface area is 149 Å². The van der Waals surface area contributed by atoms with Crippen LogP contribution in [0.1, 0.15) is 43.3 Å². The Balaban J connectivity index is 0.00000220. The molecule has 0 radical (unpaired) electrons. The lowest BCUT2D eigenvalue weighted by atomic mass is 9.89. The third-order valence-corrected chi connectivity index (χ3v) is 4.88. The van der Waals surface area contributed by atoms with Crippen LogP contribution in [0.15, 0.2) is 10.4 Å². The molecule has 0 saturated heterocycles. The Morgan fingerprint density at radius 2 is 2.10 bits per heavy atom. The highest BCUT2D eigenvalue weighted by Gasteiger charge is 2.28. The summed E-state index contributed by atoms with van der Waals surface area (Å²) in [6.07, 6.45) is 6.34. The number of aliphatic imine (C=N–C) groups is 1. The Kier molecular flexibility index (Phi) is 7.94. The van der Waals surface area contributed by atoms with Crippen molar-refractivity contribution < 1.29 is 0 Å². The number of aromatic nitrogens is 1. The van der Waals surface area contributed by atoms with Gasteiger partial charge in [-0.1, -0.05) is 19.8 Å². The molecule has 1 aliphatic rings. The molecule has 0 aliphatic heterocycles. The maximum atomic E-state index is 4.47. The molecule has 6 heteroatoms. The van der Waals surface area contributed by atoms with Gasteiger partial charge in [-0.3, -0.25) is 4.99 Å². The maximum Gasteiger partial charge on any atom is 0.191 e. The van der Waals surface area contributed by atoms with Crippen LogP contribution in [0.5, 0.6) is 0 Å². The van der Waals surface area contributed by atoms with Gasteiger partial charge in [-0.05, 0) is 25.2 Å². The molecule has 0 bridgehead atoms. The standard InChI is InChI=1S/C15H26N4S.HI/c1-12-19-13(10-20-12)6-9-17-14(16-3)18-11-15(2)7-4-5-8-15;/h10H,4-9,11H2,1-3H3,(H2,16,17,18);1H. The predicted molar refractivity (Wildman–Crippen MR) is 102 cm³/mol. The van der Waals surface area contributed by atoms with Gasteiger partial charge < -0.3 is 10.6 Å². The summed E-state index contributed by atoms with van der Waals surface area (Å²) in [7, 11) is 1.83. The van der Waals surface area contributed by atoms with Gasteiger partial charge in [0.15, 0.2) is 5.96 Å². The fourth-order valence-electron chi connectivity index (χ4n) is 2.76. The smallest absolute Gasteiger partial charge is 0.191 e. The van der Waals surface area contributed by atoms with Crippen LogP contribution in [0.25, 0.3) is 0 Å². The minimum Gasteiger partial charge on any atom is -0.356 e. The number of halogens is 1. The van der Waals surface area contributed by atoms with E-state index in [1.165, 1.54) is 31.4 Å². The highest BCUT2D eigenvalue weighted by atomic mass is 127. The number of rotatable bonds is 5. The SMILES string of the molecule is CN=C(NCCc1csc(C)n1)NCC1(C)CCCC1.I. The van der Waals surface area contributed by atoms with Crippen molar-refractivity contribution in [3.8, 4) is 0 Å². The van der Waals surface area contributed by atoms with Gasteiger partial charge in [-0.15, -0.1) is 35.3 Å². The Morgan fingerprint density at radius 1 is 1.38 bits per heavy atom. The van der Waals surface area contributed by atoms with Gasteiger partial charge >= 0.3 is 0 Å². The van der Waals surface area contributed by atoms with Gasteiger partial charge in [0.25, 0.3) is 0 Å². The van der Waals surface area contributed by atoms with Crippen molar-refractivity contribution in [3.63, 3.8) is 0 Å². The number of nitrogens with zero attached hydrogens (tertiary/aromatic N) is 2. The van der Waals surface area contributed by atoms with Gasteiger partial charge in [-0.2, -0.15) is 0 Å². The zero-order chi connectivity index (χ0) is 14.4. The molecule has 0 aromatic carbocycles. The normalized spacial score (nSPS) is 17.4. The van der Waals surface area contributed by atoms with E-state index in [1.54, 1.807) is 11.3 Å². The first-order valence-corrected chi connectivity index (χ1v) is 8.35. The predicted octanol–water partition coefficient (Wildman–Crippen LogP) is 3.36. The molecule has 1 fully saturated rings. The van der Waals surface area contributed by atoms with Crippen molar-refractivity contribution in [2.24, 2.45) is 10.4 Å². The van der Waals surface area contributed by atoms with Gasteiger partial charge in [0, 0.05) is 31.9 Å². The number of hydrogen-bond acceptors (Lipinski definition) is 3.